The maximum Gasteiger partial charge on any atom is 0.289 e. The summed E-state index contributed by atoms with van der Waals surface area (Å²) in [6.45, 7) is 1.38. The van der Waals surface area contributed by atoms with Gasteiger partial charge in [0.1, 0.15) is 12.6 Å². The molecule has 20 heavy (non-hydrogen) atoms. The second-order valence-corrected chi connectivity index (χ2v) is 5.91. The molecule has 2 N–H and O–H groups in total. The van der Waals surface area contributed by atoms with Gasteiger partial charge < -0.3 is 10.4 Å². The first-order valence-corrected chi connectivity index (χ1v) is 7.31. The molecule has 2 rings (SSSR count). The summed E-state index contributed by atoms with van der Waals surface area (Å²) in [5.41, 5.74) is 0.563. The molecule has 0 aliphatic carbocycles. The van der Waals surface area contributed by atoms with Crippen LogP contribution in [-0.4, -0.2) is 48.7 Å². The Kier molecular flexibility index (Phi) is 7.07. The summed E-state index contributed by atoms with van der Waals surface area (Å²) in [6.07, 6.45) is 0. The molecule has 0 unspecified atom stereocenters. The summed E-state index contributed by atoms with van der Waals surface area (Å²) in [6, 6.07) is 6.06. The molecule has 1 aliphatic rings. The van der Waals surface area contributed by atoms with E-state index >= 15 is 0 Å². The predicted molar refractivity (Wildman–Crippen MR) is 85.6 cm³/mol. The number of halogens is 4. The molecular formula is C13H18ClF2IN2O. The first-order valence-electron chi connectivity index (χ1n) is 6.23. The van der Waals surface area contributed by atoms with Gasteiger partial charge in [0.2, 0.25) is 0 Å². The number of rotatable bonds is 4. The number of nitrogens with one attached hydrogen (secondary N) is 1. The Morgan fingerprint density at radius 3 is 2.55 bits per heavy atom. The average molecular weight is 419 g/mol. The standard InChI is InChI=1S/C13H17F2IN2O.ClH/c14-13(15,9-19)12(18-6-4-17-5-7-18)10-2-1-3-11(16)8-10;/h1-3,8,12,17,19H,4-7,9H2;1H/t12-;/m0./s1. The maximum absolute atomic E-state index is 14.1. The Labute approximate surface area is 137 Å². The van der Waals surface area contributed by atoms with E-state index in [1.165, 1.54) is 0 Å². The Morgan fingerprint density at radius 1 is 1.35 bits per heavy atom. The second kappa shape index (κ2) is 7.84. The number of hydrogen-bond acceptors (Lipinski definition) is 3. The summed E-state index contributed by atoms with van der Waals surface area (Å²) < 4.78 is 29.1. The molecule has 7 heteroatoms. The van der Waals surface area contributed by atoms with Gasteiger partial charge in [0, 0.05) is 29.7 Å². The highest BCUT2D eigenvalue weighted by Gasteiger charge is 2.43. The highest BCUT2D eigenvalue weighted by Crippen LogP contribution is 2.36. The third kappa shape index (κ3) is 4.24. The summed E-state index contributed by atoms with van der Waals surface area (Å²) in [5.74, 6) is -3.14. The SMILES string of the molecule is Cl.OCC(F)(F)[C@H](c1cccc(I)c1)N1CCNCC1. The minimum Gasteiger partial charge on any atom is -0.390 e. The molecule has 1 aliphatic heterocycles. The lowest BCUT2D eigenvalue weighted by molar-refractivity contribution is -0.118. The molecule has 114 valence electrons. The fraction of sp³-hybridized carbons (Fsp3) is 0.538. The van der Waals surface area contributed by atoms with E-state index in [2.05, 4.69) is 27.9 Å². The maximum atomic E-state index is 14.1. The summed E-state index contributed by atoms with van der Waals surface area (Å²) in [4.78, 5) is 1.75. The van der Waals surface area contributed by atoms with Gasteiger partial charge in [-0.2, -0.15) is 0 Å². The van der Waals surface area contributed by atoms with Crippen molar-refractivity contribution in [3.05, 3.63) is 33.4 Å². The highest BCUT2D eigenvalue weighted by molar-refractivity contribution is 14.1. The lowest BCUT2D eigenvalue weighted by Gasteiger charge is -2.38. The summed E-state index contributed by atoms with van der Waals surface area (Å²) in [5, 5.41) is 12.2. The zero-order chi connectivity index (χ0) is 13.9. The van der Waals surface area contributed by atoms with Gasteiger partial charge in [-0.05, 0) is 40.3 Å². The van der Waals surface area contributed by atoms with E-state index in [9.17, 15) is 8.78 Å². The third-order valence-electron chi connectivity index (χ3n) is 3.29. The molecule has 0 spiro atoms. The van der Waals surface area contributed by atoms with Crippen LogP contribution in [0, 0.1) is 3.57 Å². The summed E-state index contributed by atoms with van der Waals surface area (Å²) in [7, 11) is 0. The van der Waals surface area contributed by atoms with E-state index in [0.717, 1.165) is 3.57 Å². The Balaban J connectivity index is 0.00000200. The lowest BCUT2D eigenvalue weighted by atomic mass is 9.98. The van der Waals surface area contributed by atoms with Crippen molar-refractivity contribution in [2.75, 3.05) is 32.8 Å². The van der Waals surface area contributed by atoms with Crippen LogP contribution >= 0.6 is 35.0 Å². The monoisotopic (exact) mass is 418 g/mol. The Morgan fingerprint density at radius 2 is 2.00 bits per heavy atom. The van der Waals surface area contributed by atoms with Crippen LogP contribution in [0.15, 0.2) is 24.3 Å². The molecule has 1 aromatic rings. The van der Waals surface area contributed by atoms with Crippen LogP contribution in [0.25, 0.3) is 0 Å². The molecule has 1 aromatic carbocycles. The molecule has 0 saturated carbocycles. The van der Waals surface area contributed by atoms with Gasteiger partial charge in [0.05, 0.1) is 0 Å². The zero-order valence-corrected chi connectivity index (χ0v) is 13.8. The van der Waals surface area contributed by atoms with E-state index in [4.69, 9.17) is 5.11 Å². The number of aliphatic hydroxyl groups excluding tert-OH is 1. The first kappa shape index (κ1) is 18.0. The normalized spacial score (nSPS) is 18.4. The number of nitrogens with zero attached hydrogens (tertiary/aromatic N) is 1. The zero-order valence-electron chi connectivity index (χ0n) is 10.9. The van der Waals surface area contributed by atoms with Gasteiger partial charge in [-0.25, -0.2) is 8.78 Å². The molecule has 0 bridgehead atoms. The van der Waals surface area contributed by atoms with Crippen LogP contribution in [0.4, 0.5) is 8.78 Å². The number of hydrogen-bond donors (Lipinski definition) is 2. The third-order valence-corrected chi connectivity index (χ3v) is 3.96. The largest absolute Gasteiger partial charge is 0.390 e. The fourth-order valence-electron chi connectivity index (χ4n) is 2.43. The van der Waals surface area contributed by atoms with Crippen LogP contribution in [0.5, 0.6) is 0 Å². The first-order chi connectivity index (χ1) is 9.04. The van der Waals surface area contributed by atoms with Crippen molar-refractivity contribution in [1.82, 2.24) is 10.2 Å². The van der Waals surface area contributed by atoms with Gasteiger partial charge in [-0.3, -0.25) is 4.90 Å². The smallest absolute Gasteiger partial charge is 0.289 e. The molecule has 0 amide bonds. The van der Waals surface area contributed by atoms with Crippen molar-refractivity contribution in [1.29, 1.82) is 0 Å². The fourth-order valence-corrected chi connectivity index (χ4v) is 2.99. The number of alkyl halides is 2. The van der Waals surface area contributed by atoms with E-state index in [-0.39, 0.29) is 12.4 Å². The van der Waals surface area contributed by atoms with Crippen molar-refractivity contribution in [2.24, 2.45) is 0 Å². The Bertz CT molecular complexity index is 431. The van der Waals surface area contributed by atoms with Crippen LogP contribution in [-0.2, 0) is 0 Å². The van der Waals surface area contributed by atoms with Gasteiger partial charge in [0.25, 0.3) is 5.92 Å². The van der Waals surface area contributed by atoms with E-state index in [1.807, 2.05) is 6.07 Å². The minimum absolute atomic E-state index is 0. The van der Waals surface area contributed by atoms with Crippen LogP contribution in [0.3, 0.4) is 0 Å². The van der Waals surface area contributed by atoms with Crippen LogP contribution < -0.4 is 5.32 Å². The van der Waals surface area contributed by atoms with Crippen LogP contribution in [0.1, 0.15) is 11.6 Å². The second-order valence-electron chi connectivity index (χ2n) is 4.66. The minimum atomic E-state index is -3.14. The molecule has 3 nitrogen and oxygen atoms in total. The van der Waals surface area contributed by atoms with E-state index < -0.39 is 18.6 Å². The van der Waals surface area contributed by atoms with Gasteiger partial charge in [0.15, 0.2) is 0 Å². The van der Waals surface area contributed by atoms with Crippen molar-refractivity contribution in [2.45, 2.75) is 12.0 Å². The van der Waals surface area contributed by atoms with Crippen molar-refractivity contribution < 1.29 is 13.9 Å². The molecule has 1 atom stereocenters. The number of aliphatic hydroxyl groups is 1. The quantitative estimate of drug-likeness (QED) is 0.737. The molecule has 1 fully saturated rings. The molecule has 1 heterocycles. The van der Waals surface area contributed by atoms with Gasteiger partial charge >= 0.3 is 0 Å². The lowest BCUT2D eigenvalue weighted by Crippen LogP contribution is -2.51. The molecular weight excluding hydrogens is 401 g/mol. The van der Waals surface area contributed by atoms with Gasteiger partial charge in [-0.1, -0.05) is 12.1 Å². The van der Waals surface area contributed by atoms with Crippen molar-refractivity contribution in [3.63, 3.8) is 0 Å². The van der Waals surface area contributed by atoms with Crippen molar-refractivity contribution in [3.8, 4) is 0 Å². The van der Waals surface area contributed by atoms with Gasteiger partial charge in [-0.15, -0.1) is 12.4 Å². The van der Waals surface area contributed by atoms with E-state index in [0.29, 0.717) is 31.7 Å². The van der Waals surface area contributed by atoms with Crippen LogP contribution in [0.2, 0.25) is 0 Å². The molecule has 0 radical (unpaired) electrons. The highest BCUT2D eigenvalue weighted by atomic mass is 127. The van der Waals surface area contributed by atoms with Crippen molar-refractivity contribution >= 4 is 35.0 Å². The Hall–Kier alpha value is -0.0200. The topological polar surface area (TPSA) is 35.5 Å². The van der Waals surface area contributed by atoms with E-state index in [1.54, 1.807) is 23.1 Å². The predicted octanol–water partition coefficient (Wildman–Crippen LogP) is 2.29. The molecule has 1 saturated heterocycles. The number of benzene rings is 1. The number of piperazine rings is 1. The molecule has 0 aromatic heterocycles. The summed E-state index contributed by atoms with van der Waals surface area (Å²) >= 11 is 2.11. The average Bonchev–Trinajstić information content (AvgIpc) is 2.40.